The average Bonchev–Trinajstić information content (AvgIpc) is 3.07. The molecule has 1 amide bonds. The Morgan fingerprint density at radius 1 is 0.933 bits per heavy atom. The summed E-state index contributed by atoms with van der Waals surface area (Å²) in [6.45, 7) is 0. The van der Waals surface area contributed by atoms with E-state index in [0.717, 1.165) is 5.56 Å². The third-order valence-electron chi connectivity index (χ3n) is 5.31. The fraction of sp³-hybridized carbons (Fsp3) is 0.0833. The van der Waals surface area contributed by atoms with Gasteiger partial charge in [0.05, 0.1) is 24.1 Å². The lowest BCUT2D eigenvalue weighted by atomic mass is 9.98. The van der Waals surface area contributed by atoms with Crippen LogP contribution in [0.3, 0.4) is 0 Å². The van der Waals surface area contributed by atoms with E-state index in [-0.39, 0.29) is 17.1 Å². The number of hydrogen-bond acceptors (Lipinski definition) is 4. The van der Waals surface area contributed by atoms with Gasteiger partial charge in [-0.3, -0.25) is 14.5 Å². The standard InChI is InChI=1S/C24H16ClNO4/c1-29-17-12-10-16(11-13-17)26-21(14-6-8-15(25)9-7-14)20-22(27)18-4-2-3-5-19(18)30-23(20)24(26)28/h2-13,21H,1H3/t21-/m0/s1. The number of para-hydroxylation sites is 1. The quantitative estimate of drug-likeness (QED) is 0.459. The molecule has 0 bridgehead atoms. The molecular formula is C24H16ClNO4. The number of methoxy groups -OCH3 is 1. The number of amides is 1. The van der Waals surface area contributed by atoms with Crippen LogP contribution in [0.5, 0.6) is 5.75 Å². The first kappa shape index (κ1) is 18.5. The molecule has 0 saturated heterocycles. The lowest BCUT2D eigenvalue weighted by Gasteiger charge is -2.25. The molecule has 1 aliphatic rings. The molecule has 148 valence electrons. The van der Waals surface area contributed by atoms with Crippen molar-refractivity contribution in [3.8, 4) is 5.75 Å². The van der Waals surface area contributed by atoms with Crippen molar-refractivity contribution in [3.05, 3.63) is 105 Å². The van der Waals surface area contributed by atoms with Gasteiger partial charge in [0.1, 0.15) is 11.3 Å². The number of carbonyl (C=O) groups is 1. The fourth-order valence-electron chi connectivity index (χ4n) is 3.89. The molecule has 30 heavy (non-hydrogen) atoms. The van der Waals surface area contributed by atoms with Gasteiger partial charge in [-0.05, 0) is 54.1 Å². The summed E-state index contributed by atoms with van der Waals surface area (Å²) >= 11 is 6.07. The number of fused-ring (bicyclic) bond motifs is 2. The molecule has 6 heteroatoms. The molecule has 0 aliphatic carbocycles. The van der Waals surface area contributed by atoms with Crippen LogP contribution in [0.1, 0.15) is 27.7 Å². The van der Waals surface area contributed by atoms with Gasteiger partial charge in [-0.25, -0.2) is 0 Å². The summed E-state index contributed by atoms with van der Waals surface area (Å²) in [5, 5.41) is 1.02. The minimum atomic E-state index is -0.626. The Balaban J connectivity index is 1.78. The summed E-state index contributed by atoms with van der Waals surface area (Å²) < 4.78 is 11.2. The molecule has 5 rings (SSSR count). The maximum absolute atomic E-state index is 13.4. The smallest absolute Gasteiger partial charge is 0.295 e. The van der Waals surface area contributed by atoms with E-state index in [1.54, 1.807) is 72.7 Å². The molecule has 0 N–H and O–H groups in total. The van der Waals surface area contributed by atoms with Gasteiger partial charge in [0, 0.05) is 10.7 Å². The Bertz CT molecular complexity index is 1330. The predicted molar refractivity (Wildman–Crippen MR) is 116 cm³/mol. The van der Waals surface area contributed by atoms with Gasteiger partial charge in [0.2, 0.25) is 5.76 Å². The van der Waals surface area contributed by atoms with Gasteiger partial charge in [0.25, 0.3) is 5.91 Å². The van der Waals surface area contributed by atoms with Crippen molar-refractivity contribution in [1.29, 1.82) is 0 Å². The summed E-state index contributed by atoms with van der Waals surface area (Å²) in [5.74, 6) is 0.373. The van der Waals surface area contributed by atoms with Crippen molar-refractivity contribution in [2.75, 3.05) is 12.0 Å². The zero-order valence-electron chi connectivity index (χ0n) is 16.0. The van der Waals surface area contributed by atoms with Crippen molar-refractivity contribution in [3.63, 3.8) is 0 Å². The number of hydrogen-bond donors (Lipinski definition) is 0. The first-order chi connectivity index (χ1) is 14.6. The molecular weight excluding hydrogens is 402 g/mol. The van der Waals surface area contributed by atoms with Crippen LogP contribution in [0.15, 0.2) is 82.0 Å². The Morgan fingerprint density at radius 2 is 1.63 bits per heavy atom. The number of carbonyl (C=O) groups excluding carboxylic acids is 1. The molecule has 1 aromatic heterocycles. The highest BCUT2D eigenvalue weighted by atomic mass is 35.5. The lowest BCUT2D eigenvalue weighted by Crippen LogP contribution is -2.29. The second-order valence-electron chi connectivity index (χ2n) is 7.00. The summed E-state index contributed by atoms with van der Waals surface area (Å²) in [7, 11) is 1.58. The number of ether oxygens (including phenoxy) is 1. The van der Waals surface area contributed by atoms with E-state index in [1.807, 2.05) is 12.1 Å². The number of halogens is 1. The Labute approximate surface area is 177 Å². The second-order valence-corrected chi connectivity index (χ2v) is 7.43. The number of nitrogens with zero attached hydrogens (tertiary/aromatic N) is 1. The van der Waals surface area contributed by atoms with Gasteiger partial charge >= 0.3 is 0 Å². The Hall–Kier alpha value is -3.57. The van der Waals surface area contributed by atoms with Gasteiger partial charge in [0.15, 0.2) is 5.43 Å². The summed E-state index contributed by atoms with van der Waals surface area (Å²) in [6.07, 6.45) is 0. The highest BCUT2D eigenvalue weighted by Crippen LogP contribution is 2.41. The molecule has 0 radical (unpaired) electrons. The van der Waals surface area contributed by atoms with E-state index in [9.17, 15) is 9.59 Å². The zero-order chi connectivity index (χ0) is 20.8. The summed E-state index contributed by atoms with van der Waals surface area (Å²) in [4.78, 5) is 28.4. The van der Waals surface area contributed by atoms with Crippen molar-refractivity contribution >= 4 is 34.2 Å². The van der Waals surface area contributed by atoms with Crippen LogP contribution in [-0.2, 0) is 0 Å². The van der Waals surface area contributed by atoms with E-state index in [2.05, 4.69) is 0 Å². The van der Waals surface area contributed by atoms with Crippen molar-refractivity contribution < 1.29 is 13.9 Å². The van der Waals surface area contributed by atoms with Gasteiger partial charge < -0.3 is 9.15 Å². The van der Waals surface area contributed by atoms with Crippen molar-refractivity contribution in [1.82, 2.24) is 0 Å². The first-order valence-corrected chi connectivity index (χ1v) is 9.75. The molecule has 0 spiro atoms. The summed E-state index contributed by atoms with van der Waals surface area (Å²) in [5.41, 5.74) is 1.91. The molecule has 2 heterocycles. The third kappa shape index (κ3) is 2.78. The SMILES string of the molecule is COc1ccc(N2C(=O)c3oc4ccccc4c(=O)c3[C@@H]2c2ccc(Cl)cc2)cc1. The van der Waals surface area contributed by atoms with Crippen LogP contribution in [0, 0.1) is 0 Å². The number of anilines is 1. The van der Waals surface area contributed by atoms with E-state index in [4.69, 9.17) is 20.8 Å². The molecule has 1 aliphatic heterocycles. The van der Waals surface area contributed by atoms with E-state index < -0.39 is 6.04 Å². The van der Waals surface area contributed by atoms with Crippen molar-refractivity contribution in [2.45, 2.75) is 6.04 Å². The minimum absolute atomic E-state index is 0.0643. The van der Waals surface area contributed by atoms with Crippen LogP contribution in [-0.4, -0.2) is 13.0 Å². The topological polar surface area (TPSA) is 59.8 Å². The molecule has 0 saturated carbocycles. The molecule has 5 nitrogen and oxygen atoms in total. The van der Waals surface area contributed by atoms with Gasteiger partial charge in [-0.15, -0.1) is 0 Å². The summed E-state index contributed by atoms with van der Waals surface area (Å²) in [6, 6.07) is 20.6. The number of rotatable bonds is 3. The Kier molecular flexibility index (Phi) is 4.33. The van der Waals surface area contributed by atoms with E-state index >= 15 is 0 Å². The van der Waals surface area contributed by atoms with Gasteiger partial charge in [-0.1, -0.05) is 35.9 Å². The van der Waals surface area contributed by atoms with Crippen LogP contribution in [0.25, 0.3) is 11.0 Å². The minimum Gasteiger partial charge on any atom is -0.497 e. The maximum atomic E-state index is 13.4. The van der Waals surface area contributed by atoms with Crippen LogP contribution < -0.4 is 15.1 Å². The fourth-order valence-corrected chi connectivity index (χ4v) is 4.02. The van der Waals surface area contributed by atoms with E-state index in [1.165, 1.54) is 0 Å². The lowest BCUT2D eigenvalue weighted by molar-refractivity contribution is 0.0971. The zero-order valence-corrected chi connectivity index (χ0v) is 16.7. The van der Waals surface area contributed by atoms with Crippen LogP contribution in [0.2, 0.25) is 5.02 Å². The Morgan fingerprint density at radius 3 is 2.33 bits per heavy atom. The molecule has 0 fully saturated rings. The highest BCUT2D eigenvalue weighted by Gasteiger charge is 2.43. The molecule has 1 atom stereocenters. The van der Waals surface area contributed by atoms with Gasteiger partial charge in [-0.2, -0.15) is 0 Å². The normalized spacial score (nSPS) is 15.5. The van der Waals surface area contributed by atoms with Crippen LogP contribution in [0.4, 0.5) is 5.69 Å². The maximum Gasteiger partial charge on any atom is 0.295 e. The second kappa shape index (κ2) is 7.04. The largest absolute Gasteiger partial charge is 0.497 e. The third-order valence-corrected chi connectivity index (χ3v) is 5.57. The van der Waals surface area contributed by atoms with Crippen molar-refractivity contribution in [2.24, 2.45) is 0 Å². The first-order valence-electron chi connectivity index (χ1n) is 9.37. The number of benzene rings is 3. The molecule has 0 unspecified atom stereocenters. The highest BCUT2D eigenvalue weighted by molar-refractivity contribution is 6.30. The van der Waals surface area contributed by atoms with Crippen LogP contribution >= 0.6 is 11.6 Å². The molecule has 4 aromatic rings. The average molecular weight is 418 g/mol. The van der Waals surface area contributed by atoms with E-state index in [0.29, 0.717) is 33.0 Å². The molecule has 3 aromatic carbocycles. The predicted octanol–water partition coefficient (Wildman–Crippen LogP) is 5.20. The monoisotopic (exact) mass is 417 g/mol.